The van der Waals surface area contributed by atoms with Gasteiger partial charge < -0.3 is 10.0 Å². The molecule has 0 aliphatic carbocycles. The molecule has 1 heterocycles. The Hall–Kier alpha value is -1.41. The normalized spacial score (nSPS) is 18.0. The van der Waals surface area contributed by atoms with Gasteiger partial charge in [-0.3, -0.25) is 4.90 Å². The molecule has 2 rings (SSSR count). The predicted molar refractivity (Wildman–Crippen MR) is 97.5 cm³/mol. The number of piperidine rings is 1. The van der Waals surface area contributed by atoms with Gasteiger partial charge >= 0.3 is 0 Å². The van der Waals surface area contributed by atoms with Crippen molar-refractivity contribution in [3.63, 3.8) is 0 Å². The SMILES string of the molecule is CC1CCN(CC(O)CN(Cc2ccc(C#N)cc2)C(C)C)CC1. The highest BCUT2D eigenvalue weighted by Gasteiger charge is 2.21. The van der Waals surface area contributed by atoms with Crippen molar-refractivity contribution >= 4 is 0 Å². The van der Waals surface area contributed by atoms with Crippen LogP contribution in [-0.4, -0.2) is 53.2 Å². The van der Waals surface area contributed by atoms with Crippen LogP contribution in [0.2, 0.25) is 0 Å². The number of benzene rings is 1. The minimum Gasteiger partial charge on any atom is -0.390 e. The van der Waals surface area contributed by atoms with Gasteiger partial charge in [0.15, 0.2) is 0 Å². The van der Waals surface area contributed by atoms with E-state index in [9.17, 15) is 5.11 Å². The zero-order chi connectivity index (χ0) is 17.5. The van der Waals surface area contributed by atoms with Crippen LogP contribution in [0.4, 0.5) is 0 Å². The van der Waals surface area contributed by atoms with Crippen LogP contribution in [0, 0.1) is 17.2 Å². The Kier molecular flexibility index (Phi) is 7.23. The molecule has 1 aromatic carbocycles. The molecule has 1 aromatic rings. The second-order valence-electron chi connectivity index (χ2n) is 7.47. The maximum Gasteiger partial charge on any atom is 0.0991 e. The van der Waals surface area contributed by atoms with Crippen LogP contribution in [-0.2, 0) is 6.54 Å². The van der Waals surface area contributed by atoms with Crippen molar-refractivity contribution < 1.29 is 5.11 Å². The molecule has 132 valence electrons. The van der Waals surface area contributed by atoms with Gasteiger partial charge in [-0.25, -0.2) is 0 Å². The van der Waals surface area contributed by atoms with Crippen molar-refractivity contribution in [1.82, 2.24) is 9.80 Å². The summed E-state index contributed by atoms with van der Waals surface area (Å²) in [6.07, 6.45) is 2.16. The van der Waals surface area contributed by atoms with Crippen molar-refractivity contribution in [2.24, 2.45) is 5.92 Å². The molecule has 1 N–H and O–H groups in total. The molecule has 1 atom stereocenters. The molecule has 0 saturated carbocycles. The number of nitriles is 1. The molecule has 4 nitrogen and oxygen atoms in total. The highest BCUT2D eigenvalue weighted by atomic mass is 16.3. The molecule has 0 bridgehead atoms. The first-order valence-electron chi connectivity index (χ1n) is 9.11. The summed E-state index contributed by atoms with van der Waals surface area (Å²) in [5.74, 6) is 0.821. The fourth-order valence-electron chi connectivity index (χ4n) is 3.25. The van der Waals surface area contributed by atoms with Gasteiger partial charge in [-0.1, -0.05) is 19.1 Å². The molecular formula is C20H31N3O. The number of nitrogens with zero attached hydrogens (tertiary/aromatic N) is 3. The number of hydrogen-bond acceptors (Lipinski definition) is 4. The molecule has 0 radical (unpaired) electrons. The topological polar surface area (TPSA) is 50.5 Å². The lowest BCUT2D eigenvalue weighted by molar-refractivity contribution is 0.0496. The lowest BCUT2D eigenvalue weighted by Crippen LogP contribution is -2.44. The van der Waals surface area contributed by atoms with Crippen LogP contribution in [0.25, 0.3) is 0 Å². The first-order chi connectivity index (χ1) is 11.5. The monoisotopic (exact) mass is 329 g/mol. The summed E-state index contributed by atoms with van der Waals surface area (Å²) < 4.78 is 0. The maximum atomic E-state index is 10.5. The van der Waals surface area contributed by atoms with Gasteiger partial charge in [-0.2, -0.15) is 5.26 Å². The van der Waals surface area contributed by atoms with Gasteiger partial charge in [0.25, 0.3) is 0 Å². The van der Waals surface area contributed by atoms with Crippen molar-refractivity contribution in [3.8, 4) is 6.07 Å². The molecule has 0 amide bonds. The van der Waals surface area contributed by atoms with Crippen LogP contribution in [0.1, 0.15) is 44.7 Å². The van der Waals surface area contributed by atoms with Gasteiger partial charge in [0, 0.05) is 25.7 Å². The molecule has 1 aliphatic heterocycles. The maximum absolute atomic E-state index is 10.5. The van der Waals surface area contributed by atoms with Crippen LogP contribution < -0.4 is 0 Å². The quantitative estimate of drug-likeness (QED) is 0.836. The Morgan fingerprint density at radius 3 is 2.42 bits per heavy atom. The third-order valence-corrected chi connectivity index (χ3v) is 4.99. The first kappa shape index (κ1) is 18.9. The number of rotatable bonds is 7. The van der Waals surface area contributed by atoms with E-state index in [1.807, 2.05) is 24.3 Å². The van der Waals surface area contributed by atoms with Crippen LogP contribution in [0.15, 0.2) is 24.3 Å². The van der Waals surface area contributed by atoms with E-state index in [0.29, 0.717) is 18.2 Å². The minimum absolute atomic E-state index is 0.320. The number of hydrogen-bond donors (Lipinski definition) is 1. The Balaban J connectivity index is 1.86. The van der Waals surface area contributed by atoms with E-state index in [4.69, 9.17) is 5.26 Å². The zero-order valence-corrected chi connectivity index (χ0v) is 15.3. The largest absolute Gasteiger partial charge is 0.390 e. The highest BCUT2D eigenvalue weighted by Crippen LogP contribution is 2.17. The average Bonchev–Trinajstić information content (AvgIpc) is 2.57. The lowest BCUT2D eigenvalue weighted by atomic mass is 9.99. The Labute approximate surface area is 146 Å². The number of β-amino-alcohol motifs (C(OH)–C–C–N with tert-alkyl or cyclic N) is 1. The average molecular weight is 329 g/mol. The molecule has 1 fully saturated rings. The van der Waals surface area contributed by atoms with E-state index in [1.165, 1.54) is 18.4 Å². The van der Waals surface area contributed by atoms with Gasteiger partial charge in [0.1, 0.15) is 0 Å². The van der Waals surface area contributed by atoms with Crippen LogP contribution in [0.5, 0.6) is 0 Å². The minimum atomic E-state index is -0.320. The van der Waals surface area contributed by atoms with Crippen LogP contribution in [0.3, 0.4) is 0 Å². The molecule has 1 saturated heterocycles. The Morgan fingerprint density at radius 2 is 1.88 bits per heavy atom. The smallest absolute Gasteiger partial charge is 0.0991 e. The molecule has 24 heavy (non-hydrogen) atoms. The van der Waals surface area contributed by atoms with Gasteiger partial charge in [0.2, 0.25) is 0 Å². The predicted octanol–water partition coefficient (Wildman–Crippen LogP) is 2.86. The Bertz CT molecular complexity index is 527. The number of aliphatic hydroxyl groups excluding tert-OH is 1. The summed E-state index contributed by atoms with van der Waals surface area (Å²) >= 11 is 0. The number of aliphatic hydroxyl groups is 1. The second kappa shape index (κ2) is 9.17. The highest BCUT2D eigenvalue weighted by molar-refractivity contribution is 5.31. The van der Waals surface area contributed by atoms with Crippen molar-refractivity contribution in [1.29, 1.82) is 5.26 Å². The van der Waals surface area contributed by atoms with E-state index in [-0.39, 0.29) is 6.10 Å². The fraction of sp³-hybridized carbons (Fsp3) is 0.650. The molecule has 0 aromatic heterocycles. The van der Waals surface area contributed by atoms with E-state index in [1.54, 1.807) is 0 Å². The second-order valence-corrected chi connectivity index (χ2v) is 7.47. The molecular weight excluding hydrogens is 298 g/mol. The summed E-state index contributed by atoms with van der Waals surface area (Å²) in [7, 11) is 0. The third-order valence-electron chi connectivity index (χ3n) is 4.99. The van der Waals surface area contributed by atoms with Crippen molar-refractivity contribution in [3.05, 3.63) is 35.4 Å². The summed E-state index contributed by atoms with van der Waals surface area (Å²) in [5, 5.41) is 19.4. The Morgan fingerprint density at radius 1 is 1.25 bits per heavy atom. The molecule has 0 spiro atoms. The number of likely N-dealkylation sites (tertiary alicyclic amines) is 1. The summed E-state index contributed by atoms with van der Waals surface area (Å²) in [4.78, 5) is 4.70. The molecule has 1 unspecified atom stereocenters. The summed E-state index contributed by atoms with van der Waals surface area (Å²) in [6, 6.07) is 10.3. The lowest BCUT2D eigenvalue weighted by Gasteiger charge is -2.34. The first-order valence-corrected chi connectivity index (χ1v) is 9.11. The summed E-state index contributed by atoms with van der Waals surface area (Å²) in [6.45, 7) is 11.1. The van der Waals surface area contributed by atoms with Gasteiger partial charge in [-0.15, -0.1) is 0 Å². The van der Waals surface area contributed by atoms with Gasteiger partial charge in [0.05, 0.1) is 17.7 Å². The van der Waals surface area contributed by atoms with Gasteiger partial charge in [-0.05, 0) is 63.4 Å². The van der Waals surface area contributed by atoms with E-state index < -0.39 is 0 Å². The molecule has 1 aliphatic rings. The zero-order valence-electron chi connectivity index (χ0n) is 15.3. The van der Waals surface area contributed by atoms with E-state index in [2.05, 4.69) is 36.6 Å². The standard InChI is InChI=1S/C20H31N3O/c1-16(2)23(13-19-6-4-18(12-21)5-7-19)15-20(24)14-22-10-8-17(3)9-11-22/h4-7,16-17,20,24H,8-11,13-15H2,1-3H3. The van der Waals surface area contributed by atoms with Crippen molar-refractivity contribution in [2.45, 2.75) is 52.3 Å². The van der Waals surface area contributed by atoms with Crippen molar-refractivity contribution in [2.75, 3.05) is 26.2 Å². The third kappa shape index (κ3) is 5.90. The van der Waals surface area contributed by atoms with E-state index >= 15 is 0 Å². The molecule has 4 heteroatoms. The van der Waals surface area contributed by atoms with Crippen LogP contribution >= 0.6 is 0 Å². The van der Waals surface area contributed by atoms with E-state index in [0.717, 1.165) is 32.1 Å². The summed E-state index contributed by atoms with van der Waals surface area (Å²) in [5.41, 5.74) is 1.87. The fourth-order valence-corrected chi connectivity index (χ4v) is 3.25.